The van der Waals surface area contributed by atoms with Crippen LogP contribution < -0.4 is 10.1 Å². The van der Waals surface area contributed by atoms with E-state index in [9.17, 15) is 0 Å². The van der Waals surface area contributed by atoms with Crippen LogP contribution in [0.3, 0.4) is 0 Å². The highest BCUT2D eigenvalue weighted by Crippen LogP contribution is 2.11. The van der Waals surface area contributed by atoms with Crippen LogP contribution in [0.2, 0.25) is 0 Å². The van der Waals surface area contributed by atoms with E-state index in [0.717, 1.165) is 17.9 Å². The van der Waals surface area contributed by atoms with Crippen LogP contribution in [0.1, 0.15) is 5.56 Å². The molecule has 76 valence electrons. The number of benzene rings is 1. The number of likely N-dealkylation sites (N-methyl/N-ethyl adjacent to an activating group) is 1. The lowest BCUT2D eigenvalue weighted by Crippen LogP contribution is -2.14. The molecule has 0 unspecified atom stereocenters. The Labute approximate surface area is 85.6 Å². The lowest BCUT2D eigenvalue weighted by molar-refractivity contribution is 0.349. The third-order valence-electron chi connectivity index (χ3n) is 1.89. The Morgan fingerprint density at radius 1 is 1.36 bits per heavy atom. The van der Waals surface area contributed by atoms with Crippen molar-refractivity contribution in [2.75, 3.05) is 20.2 Å². The molecule has 0 fully saturated rings. The van der Waals surface area contributed by atoms with Crippen LogP contribution in [0.25, 0.3) is 0 Å². The molecule has 1 aromatic rings. The van der Waals surface area contributed by atoms with Gasteiger partial charge in [0, 0.05) is 6.54 Å². The summed E-state index contributed by atoms with van der Waals surface area (Å²) < 4.78 is 5.54. The monoisotopic (exact) mass is 191 g/mol. The molecule has 0 saturated carbocycles. The van der Waals surface area contributed by atoms with Crippen molar-refractivity contribution in [1.29, 1.82) is 0 Å². The van der Waals surface area contributed by atoms with Crippen molar-refractivity contribution in [2.24, 2.45) is 0 Å². The van der Waals surface area contributed by atoms with Crippen LogP contribution >= 0.6 is 0 Å². The maximum atomic E-state index is 5.54. The van der Waals surface area contributed by atoms with E-state index >= 15 is 0 Å². The summed E-state index contributed by atoms with van der Waals surface area (Å²) in [6.07, 6.45) is 0. The summed E-state index contributed by atoms with van der Waals surface area (Å²) in [7, 11) is 1.90. The van der Waals surface area contributed by atoms with Crippen LogP contribution in [-0.4, -0.2) is 20.2 Å². The molecule has 0 atom stereocenters. The SMILES string of the molecule is C=C(CNC)COc1ccc(C)cc1. The Morgan fingerprint density at radius 3 is 2.57 bits per heavy atom. The normalized spacial score (nSPS) is 9.86. The smallest absolute Gasteiger partial charge is 0.119 e. The molecule has 2 heteroatoms. The van der Waals surface area contributed by atoms with Gasteiger partial charge in [-0.15, -0.1) is 0 Å². The molecule has 1 aromatic carbocycles. The standard InChI is InChI=1S/C12H17NO/c1-10-4-6-12(7-5-10)14-9-11(2)8-13-3/h4-7,13H,2,8-9H2,1,3H3. The van der Waals surface area contributed by atoms with Gasteiger partial charge in [0.05, 0.1) is 0 Å². The lowest BCUT2D eigenvalue weighted by atomic mass is 10.2. The van der Waals surface area contributed by atoms with E-state index in [2.05, 4.69) is 18.8 Å². The second-order valence-electron chi connectivity index (χ2n) is 3.38. The number of hydrogen-bond acceptors (Lipinski definition) is 2. The minimum atomic E-state index is 0.573. The van der Waals surface area contributed by atoms with E-state index in [1.54, 1.807) is 0 Å². The lowest BCUT2D eigenvalue weighted by Gasteiger charge is -2.08. The summed E-state index contributed by atoms with van der Waals surface area (Å²) in [5, 5.41) is 3.03. The van der Waals surface area contributed by atoms with Gasteiger partial charge in [-0.1, -0.05) is 24.3 Å². The van der Waals surface area contributed by atoms with Crippen molar-refractivity contribution in [3.63, 3.8) is 0 Å². The van der Waals surface area contributed by atoms with Gasteiger partial charge in [-0.3, -0.25) is 0 Å². The second kappa shape index (κ2) is 5.45. The highest BCUT2D eigenvalue weighted by Gasteiger charge is 1.95. The maximum Gasteiger partial charge on any atom is 0.119 e. The number of nitrogens with one attached hydrogen (secondary N) is 1. The van der Waals surface area contributed by atoms with Gasteiger partial charge in [0.1, 0.15) is 12.4 Å². The average Bonchev–Trinajstić information content (AvgIpc) is 2.17. The minimum absolute atomic E-state index is 0.573. The van der Waals surface area contributed by atoms with Gasteiger partial charge in [-0.2, -0.15) is 0 Å². The number of aryl methyl sites for hydroxylation is 1. The summed E-state index contributed by atoms with van der Waals surface area (Å²) in [4.78, 5) is 0. The molecular formula is C12H17NO. The van der Waals surface area contributed by atoms with E-state index in [1.807, 2.05) is 31.3 Å². The predicted octanol–water partition coefficient (Wildman–Crippen LogP) is 2.15. The summed E-state index contributed by atoms with van der Waals surface area (Å²) in [5.41, 5.74) is 2.29. The number of rotatable bonds is 5. The fraction of sp³-hybridized carbons (Fsp3) is 0.333. The fourth-order valence-corrected chi connectivity index (χ4v) is 1.12. The molecular weight excluding hydrogens is 174 g/mol. The zero-order chi connectivity index (χ0) is 10.4. The van der Waals surface area contributed by atoms with Gasteiger partial charge in [0.2, 0.25) is 0 Å². The van der Waals surface area contributed by atoms with Gasteiger partial charge in [-0.05, 0) is 31.7 Å². The van der Waals surface area contributed by atoms with Crippen molar-refractivity contribution in [2.45, 2.75) is 6.92 Å². The first-order chi connectivity index (χ1) is 6.72. The van der Waals surface area contributed by atoms with E-state index in [0.29, 0.717) is 6.61 Å². The molecule has 0 aliphatic rings. The number of hydrogen-bond donors (Lipinski definition) is 1. The largest absolute Gasteiger partial charge is 0.489 e. The maximum absolute atomic E-state index is 5.54. The highest BCUT2D eigenvalue weighted by molar-refractivity contribution is 5.26. The van der Waals surface area contributed by atoms with Crippen LogP contribution in [0, 0.1) is 6.92 Å². The minimum Gasteiger partial charge on any atom is -0.489 e. The zero-order valence-corrected chi connectivity index (χ0v) is 8.84. The molecule has 1 N–H and O–H groups in total. The molecule has 0 bridgehead atoms. The second-order valence-corrected chi connectivity index (χ2v) is 3.38. The summed E-state index contributed by atoms with van der Waals surface area (Å²) in [5.74, 6) is 0.896. The van der Waals surface area contributed by atoms with Gasteiger partial charge < -0.3 is 10.1 Å². The van der Waals surface area contributed by atoms with Crippen molar-refractivity contribution in [3.05, 3.63) is 42.0 Å². The van der Waals surface area contributed by atoms with Crippen molar-refractivity contribution < 1.29 is 4.74 Å². The Hall–Kier alpha value is -1.28. The molecule has 1 rings (SSSR count). The van der Waals surface area contributed by atoms with Gasteiger partial charge in [-0.25, -0.2) is 0 Å². The number of ether oxygens (including phenoxy) is 1. The average molecular weight is 191 g/mol. The molecule has 0 saturated heterocycles. The van der Waals surface area contributed by atoms with E-state index in [1.165, 1.54) is 5.56 Å². The molecule has 0 aliphatic heterocycles. The first-order valence-electron chi connectivity index (χ1n) is 4.73. The summed E-state index contributed by atoms with van der Waals surface area (Å²) in [6.45, 7) is 7.32. The van der Waals surface area contributed by atoms with Gasteiger partial charge in [0.15, 0.2) is 0 Å². The summed E-state index contributed by atoms with van der Waals surface area (Å²) in [6, 6.07) is 8.02. The predicted molar refractivity (Wildman–Crippen MR) is 59.7 cm³/mol. The fourth-order valence-electron chi connectivity index (χ4n) is 1.12. The first-order valence-corrected chi connectivity index (χ1v) is 4.73. The van der Waals surface area contributed by atoms with E-state index < -0.39 is 0 Å². The first kappa shape index (κ1) is 10.8. The van der Waals surface area contributed by atoms with Crippen molar-refractivity contribution in [3.8, 4) is 5.75 Å². The Bertz CT molecular complexity index is 290. The van der Waals surface area contributed by atoms with Crippen LogP contribution in [0.4, 0.5) is 0 Å². The molecule has 0 heterocycles. The molecule has 0 amide bonds. The topological polar surface area (TPSA) is 21.3 Å². The van der Waals surface area contributed by atoms with Crippen LogP contribution in [0.5, 0.6) is 5.75 Å². The molecule has 14 heavy (non-hydrogen) atoms. The molecule has 2 nitrogen and oxygen atoms in total. The van der Waals surface area contributed by atoms with Crippen molar-refractivity contribution >= 4 is 0 Å². The van der Waals surface area contributed by atoms with Gasteiger partial charge >= 0.3 is 0 Å². The Morgan fingerprint density at radius 2 is 2.00 bits per heavy atom. The quantitative estimate of drug-likeness (QED) is 0.720. The van der Waals surface area contributed by atoms with Crippen LogP contribution in [0.15, 0.2) is 36.4 Å². The molecule has 0 aromatic heterocycles. The van der Waals surface area contributed by atoms with Gasteiger partial charge in [0.25, 0.3) is 0 Å². The molecule has 0 radical (unpaired) electrons. The van der Waals surface area contributed by atoms with Crippen LogP contribution in [-0.2, 0) is 0 Å². The zero-order valence-electron chi connectivity index (χ0n) is 8.84. The Kier molecular flexibility index (Phi) is 4.20. The van der Waals surface area contributed by atoms with Crippen molar-refractivity contribution in [1.82, 2.24) is 5.32 Å². The molecule has 0 spiro atoms. The third-order valence-corrected chi connectivity index (χ3v) is 1.89. The van der Waals surface area contributed by atoms with E-state index in [-0.39, 0.29) is 0 Å². The van der Waals surface area contributed by atoms with E-state index in [4.69, 9.17) is 4.74 Å². The highest BCUT2D eigenvalue weighted by atomic mass is 16.5. The Balaban J connectivity index is 2.38. The third kappa shape index (κ3) is 3.62. The molecule has 0 aliphatic carbocycles. The summed E-state index contributed by atoms with van der Waals surface area (Å²) >= 11 is 0.